The lowest BCUT2D eigenvalue weighted by Crippen LogP contribution is -2.52. The molecule has 1 saturated heterocycles. The number of hydrogen-bond donors (Lipinski definition) is 1. The fraction of sp³-hybridized carbons (Fsp3) is 0.647. The summed E-state index contributed by atoms with van der Waals surface area (Å²) in [5.41, 5.74) is 0.739. The van der Waals surface area contributed by atoms with Crippen molar-refractivity contribution in [2.24, 2.45) is 5.92 Å². The lowest BCUT2D eigenvalue weighted by Gasteiger charge is -2.39. The Balaban J connectivity index is 1.79. The van der Waals surface area contributed by atoms with Gasteiger partial charge in [0.1, 0.15) is 5.82 Å². The van der Waals surface area contributed by atoms with Crippen LogP contribution in [0.5, 0.6) is 0 Å². The Kier molecular flexibility index (Phi) is 6.00. The minimum atomic E-state index is -0.113. The van der Waals surface area contributed by atoms with Crippen molar-refractivity contribution in [2.75, 3.05) is 44.2 Å². The Bertz CT molecular complexity index is 428. The molecule has 1 unspecified atom stereocenters. The first kappa shape index (κ1) is 16.2. The first-order valence-electron chi connectivity index (χ1n) is 8.02. The van der Waals surface area contributed by atoms with Crippen molar-refractivity contribution in [1.82, 2.24) is 10.2 Å². The van der Waals surface area contributed by atoms with E-state index in [1.54, 1.807) is 12.1 Å². The van der Waals surface area contributed by atoms with Crippen LogP contribution in [0.4, 0.5) is 10.1 Å². The Morgan fingerprint density at radius 1 is 1.05 bits per heavy atom. The van der Waals surface area contributed by atoms with Crippen LogP contribution in [0, 0.1) is 11.7 Å². The van der Waals surface area contributed by atoms with Gasteiger partial charge in [-0.3, -0.25) is 4.90 Å². The molecule has 2 rings (SSSR count). The van der Waals surface area contributed by atoms with E-state index in [0.29, 0.717) is 12.0 Å². The van der Waals surface area contributed by atoms with Gasteiger partial charge in [-0.05, 0) is 31.5 Å². The van der Waals surface area contributed by atoms with Gasteiger partial charge in [0.05, 0.1) is 5.69 Å². The maximum absolute atomic E-state index is 13.8. The number of benzene rings is 1. The summed E-state index contributed by atoms with van der Waals surface area (Å²) in [4.78, 5) is 4.64. The second kappa shape index (κ2) is 7.76. The highest BCUT2D eigenvalue weighted by Gasteiger charge is 2.22. The zero-order chi connectivity index (χ0) is 15.2. The molecule has 21 heavy (non-hydrogen) atoms. The Hall–Kier alpha value is -1.13. The van der Waals surface area contributed by atoms with Crippen LogP contribution < -0.4 is 10.2 Å². The summed E-state index contributed by atoms with van der Waals surface area (Å²) in [6.45, 7) is 12.6. The summed E-state index contributed by atoms with van der Waals surface area (Å²) >= 11 is 0. The minimum Gasteiger partial charge on any atom is -0.367 e. The zero-order valence-electron chi connectivity index (χ0n) is 13.5. The number of halogens is 1. The normalized spacial score (nSPS) is 18.2. The van der Waals surface area contributed by atoms with Crippen molar-refractivity contribution in [3.05, 3.63) is 30.1 Å². The van der Waals surface area contributed by atoms with Crippen LogP contribution in [0.15, 0.2) is 24.3 Å². The number of nitrogens with one attached hydrogen (secondary N) is 1. The molecule has 0 radical (unpaired) electrons. The third kappa shape index (κ3) is 4.68. The third-order valence-electron chi connectivity index (χ3n) is 4.12. The number of para-hydroxylation sites is 1. The third-order valence-corrected chi connectivity index (χ3v) is 4.12. The molecule has 1 atom stereocenters. The molecule has 0 aliphatic carbocycles. The molecule has 4 heteroatoms. The van der Waals surface area contributed by atoms with Crippen molar-refractivity contribution < 1.29 is 4.39 Å². The maximum Gasteiger partial charge on any atom is 0.146 e. The standard InChI is InChI=1S/C17H28FN3/c1-14(2)12-19-13-15(3)20-8-10-21(11-9-20)17-7-5-4-6-16(17)18/h4-7,14-15,19H,8-13H2,1-3H3. The van der Waals surface area contributed by atoms with E-state index in [1.165, 1.54) is 0 Å². The van der Waals surface area contributed by atoms with Crippen molar-refractivity contribution in [3.63, 3.8) is 0 Å². The highest BCUT2D eigenvalue weighted by molar-refractivity contribution is 5.47. The molecule has 3 nitrogen and oxygen atoms in total. The van der Waals surface area contributed by atoms with Gasteiger partial charge in [0.15, 0.2) is 0 Å². The van der Waals surface area contributed by atoms with Crippen molar-refractivity contribution >= 4 is 5.69 Å². The quantitative estimate of drug-likeness (QED) is 0.870. The Labute approximate surface area is 128 Å². The minimum absolute atomic E-state index is 0.113. The van der Waals surface area contributed by atoms with Gasteiger partial charge in [0, 0.05) is 38.8 Å². The van der Waals surface area contributed by atoms with E-state index < -0.39 is 0 Å². The van der Waals surface area contributed by atoms with Crippen LogP contribution in [0.1, 0.15) is 20.8 Å². The first-order valence-corrected chi connectivity index (χ1v) is 8.02. The molecule has 1 aromatic rings. The fourth-order valence-corrected chi connectivity index (χ4v) is 2.82. The average molecular weight is 293 g/mol. The molecule has 0 saturated carbocycles. The van der Waals surface area contributed by atoms with Crippen molar-refractivity contribution in [1.29, 1.82) is 0 Å². The highest BCUT2D eigenvalue weighted by atomic mass is 19.1. The Morgan fingerprint density at radius 3 is 2.33 bits per heavy atom. The molecule has 118 valence electrons. The average Bonchev–Trinajstić information content (AvgIpc) is 2.47. The summed E-state index contributed by atoms with van der Waals surface area (Å²) in [5, 5.41) is 3.52. The van der Waals surface area contributed by atoms with Crippen molar-refractivity contribution in [3.8, 4) is 0 Å². The lowest BCUT2D eigenvalue weighted by molar-refractivity contribution is 0.192. The van der Waals surface area contributed by atoms with E-state index in [-0.39, 0.29) is 5.82 Å². The van der Waals surface area contributed by atoms with E-state index in [9.17, 15) is 4.39 Å². The predicted octanol–water partition coefficient (Wildman–Crippen LogP) is 2.58. The molecular weight excluding hydrogens is 265 g/mol. The maximum atomic E-state index is 13.8. The second-order valence-electron chi connectivity index (χ2n) is 6.38. The number of piperazine rings is 1. The van der Waals surface area contributed by atoms with E-state index in [4.69, 9.17) is 0 Å². The first-order chi connectivity index (χ1) is 10.1. The van der Waals surface area contributed by atoms with Gasteiger partial charge < -0.3 is 10.2 Å². The second-order valence-corrected chi connectivity index (χ2v) is 6.38. The largest absolute Gasteiger partial charge is 0.367 e. The van der Waals surface area contributed by atoms with Gasteiger partial charge >= 0.3 is 0 Å². The molecule has 0 spiro atoms. The molecular formula is C17H28FN3. The molecule has 1 aliphatic rings. The molecule has 0 aromatic heterocycles. The summed E-state index contributed by atoms with van der Waals surface area (Å²) in [6, 6.07) is 7.60. The molecule has 0 amide bonds. The van der Waals surface area contributed by atoms with E-state index in [1.807, 2.05) is 12.1 Å². The lowest BCUT2D eigenvalue weighted by atomic mass is 10.2. The van der Waals surface area contributed by atoms with E-state index >= 15 is 0 Å². The van der Waals surface area contributed by atoms with Gasteiger partial charge in [-0.2, -0.15) is 0 Å². The van der Waals surface area contributed by atoms with E-state index in [0.717, 1.165) is 45.0 Å². The van der Waals surface area contributed by atoms with Gasteiger partial charge in [-0.25, -0.2) is 4.39 Å². The number of rotatable bonds is 6. The monoisotopic (exact) mass is 293 g/mol. The molecule has 1 fully saturated rings. The summed E-state index contributed by atoms with van der Waals surface area (Å²) in [5.74, 6) is 0.577. The highest BCUT2D eigenvalue weighted by Crippen LogP contribution is 2.20. The summed E-state index contributed by atoms with van der Waals surface area (Å²) in [6.07, 6.45) is 0. The molecule has 1 aliphatic heterocycles. The molecule has 1 aromatic carbocycles. The molecule has 0 bridgehead atoms. The van der Waals surface area contributed by atoms with Crippen LogP contribution in [0.25, 0.3) is 0 Å². The van der Waals surface area contributed by atoms with Gasteiger partial charge in [-0.15, -0.1) is 0 Å². The summed E-state index contributed by atoms with van der Waals surface area (Å²) in [7, 11) is 0. The SMILES string of the molecule is CC(C)CNCC(C)N1CCN(c2ccccc2F)CC1. The van der Waals surface area contributed by atoms with Gasteiger partial charge in [0.2, 0.25) is 0 Å². The smallest absolute Gasteiger partial charge is 0.146 e. The molecule has 1 N–H and O–H groups in total. The van der Waals surface area contributed by atoms with Crippen molar-refractivity contribution in [2.45, 2.75) is 26.8 Å². The van der Waals surface area contributed by atoms with Crippen LogP contribution in [0.2, 0.25) is 0 Å². The number of hydrogen-bond acceptors (Lipinski definition) is 3. The summed E-state index contributed by atoms with van der Waals surface area (Å²) < 4.78 is 13.8. The van der Waals surface area contributed by atoms with Crippen LogP contribution >= 0.6 is 0 Å². The van der Waals surface area contributed by atoms with Gasteiger partial charge in [-0.1, -0.05) is 26.0 Å². The number of anilines is 1. The Morgan fingerprint density at radius 2 is 1.71 bits per heavy atom. The van der Waals surface area contributed by atoms with Crippen LogP contribution in [0.3, 0.4) is 0 Å². The zero-order valence-corrected chi connectivity index (χ0v) is 13.5. The predicted molar refractivity (Wildman–Crippen MR) is 87.4 cm³/mol. The van der Waals surface area contributed by atoms with Gasteiger partial charge in [0.25, 0.3) is 0 Å². The van der Waals surface area contributed by atoms with E-state index in [2.05, 4.69) is 35.9 Å². The number of nitrogens with zero attached hydrogens (tertiary/aromatic N) is 2. The topological polar surface area (TPSA) is 18.5 Å². The van der Waals surface area contributed by atoms with Crippen LogP contribution in [-0.4, -0.2) is 50.2 Å². The fourth-order valence-electron chi connectivity index (χ4n) is 2.82. The molecule has 1 heterocycles. The van der Waals surface area contributed by atoms with Crippen LogP contribution in [-0.2, 0) is 0 Å².